The molecule has 0 aromatic heterocycles. The number of rotatable bonds is 2. The van der Waals surface area contributed by atoms with E-state index in [0.29, 0.717) is 12.0 Å². The Kier molecular flexibility index (Phi) is 2.14. The zero-order chi connectivity index (χ0) is 9.54. The molecule has 78 valence electrons. The summed E-state index contributed by atoms with van der Waals surface area (Å²) in [6.07, 6.45) is 7.55. The highest BCUT2D eigenvalue weighted by atomic mass is 16.5. The Balaban J connectivity index is 1.60. The van der Waals surface area contributed by atoms with Crippen LogP contribution in [0.2, 0.25) is 0 Å². The molecule has 1 N–H and O–H groups in total. The summed E-state index contributed by atoms with van der Waals surface area (Å²) in [7, 11) is 0. The van der Waals surface area contributed by atoms with E-state index < -0.39 is 0 Å². The van der Waals surface area contributed by atoms with Crippen molar-refractivity contribution in [3.05, 3.63) is 12.2 Å². The topological polar surface area (TPSA) is 21.3 Å². The maximum Gasteiger partial charge on any atom is 0.0623 e. The van der Waals surface area contributed by atoms with Gasteiger partial charge < -0.3 is 10.1 Å². The van der Waals surface area contributed by atoms with Crippen molar-refractivity contribution in [1.82, 2.24) is 5.32 Å². The predicted octanol–water partition coefficient (Wildman–Crippen LogP) is 1.58. The monoisotopic (exact) mass is 193 g/mol. The van der Waals surface area contributed by atoms with Crippen LogP contribution in [0.1, 0.15) is 19.8 Å². The average molecular weight is 193 g/mol. The van der Waals surface area contributed by atoms with E-state index in [0.717, 1.165) is 31.1 Å². The number of fused-ring (bicyclic) bond motifs is 2. The molecule has 1 saturated heterocycles. The fourth-order valence-corrected chi connectivity index (χ4v) is 3.12. The molecule has 0 radical (unpaired) electrons. The lowest BCUT2D eigenvalue weighted by Crippen LogP contribution is -2.43. The van der Waals surface area contributed by atoms with Crippen LogP contribution in [0.25, 0.3) is 0 Å². The van der Waals surface area contributed by atoms with Crippen LogP contribution in [-0.2, 0) is 4.74 Å². The SMILES string of the molecule is CC1COCC1NC1C[C@H]2C=C[C@@H]1C2. The van der Waals surface area contributed by atoms with Crippen LogP contribution in [0.15, 0.2) is 12.2 Å². The van der Waals surface area contributed by atoms with Gasteiger partial charge in [0.2, 0.25) is 0 Å². The van der Waals surface area contributed by atoms with Gasteiger partial charge in [-0.3, -0.25) is 0 Å². The van der Waals surface area contributed by atoms with Crippen molar-refractivity contribution in [2.75, 3.05) is 13.2 Å². The first-order valence-electron chi connectivity index (χ1n) is 5.85. The first-order chi connectivity index (χ1) is 6.83. The van der Waals surface area contributed by atoms with Crippen LogP contribution in [-0.4, -0.2) is 25.3 Å². The Bertz CT molecular complexity index is 251. The summed E-state index contributed by atoms with van der Waals surface area (Å²) in [6, 6.07) is 1.34. The number of hydrogen-bond acceptors (Lipinski definition) is 2. The molecule has 2 heteroatoms. The second-order valence-electron chi connectivity index (χ2n) is 5.17. The molecule has 2 bridgehead atoms. The van der Waals surface area contributed by atoms with E-state index in [1.807, 2.05) is 0 Å². The molecule has 0 aromatic carbocycles. The fourth-order valence-electron chi connectivity index (χ4n) is 3.12. The third-order valence-electron chi connectivity index (χ3n) is 4.07. The Morgan fingerprint density at radius 1 is 1.14 bits per heavy atom. The van der Waals surface area contributed by atoms with E-state index in [1.54, 1.807) is 0 Å². The minimum absolute atomic E-state index is 0.604. The summed E-state index contributed by atoms with van der Waals surface area (Å²) in [5.74, 6) is 2.38. The molecule has 1 heterocycles. The van der Waals surface area contributed by atoms with E-state index in [9.17, 15) is 0 Å². The highest BCUT2D eigenvalue weighted by Gasteiger charge is 2.38. The Morgan fingerprint density at radius 2 is 2.07 bits per heavy atom. The van der Waals surface area contributed by atoms with E-state index in [4.69, 9.17) is 4.74 Å². The zero-order valence-corrected chi connectivity index (χ0v) is 8.78. The van der Waals surface area contributed by atoms with Crippen LogP contribution >= 0.6 is 0 Å². The standard InChI is InChI=1S/C12H19NO/c1-8-6-14-7-12(8)13-11-5-9-2-3-10(11)4-9/h2-3,8-13H,4-7H2,1H3/t8?,9-,10+,11?,12?/m0/s1. The van der Waals surface area contributed by atoms with Gasteiger partial charge in [0.25, 0.3) is 0 Å². The first kappa shape index (κ1) is 8.93. The number of ether oxygens (including phenoxy) is 1. The average Bonchev–Trinajstić information content (AvgIpc) is 2.83. The van der Waals surface area contributed by atoms with Crippen LogP contribution in [0, 0.1) is 17.8 Å². The first-order valence-corrected chi connectivity index (χ1v) is 5.85. The van der Waals surface area contributed by atoms with Gasteiger partial charge in [-0.1, -0.05) is 19.1 Å². The predicted molar refractivity (Wildman–Crippen MR) is 56.0 cm³/mol. The molecular formula is C12H19NO. The molecule has 0 aromatic rings. The molecule has 3 rings (SSSR count). The quantitative estimate of drug-likeness (QED) is 0.672. The Morgan fingerprint density at radius 3 is 2.64 bits per heavy atom. The minimum Gasteiger partial charge on any atom is -0.379 e. The molecule has 3 unspecified atom stereocenters. The molecule has 0 amide bonds. The number of allylic oxidation sites excluding steroid dienone is 1. The maximum atomic E-state index is 5.48. The highest BCUT2D eigenvalue weighted by Crippen LogP contribution is 2.39. The van der Waals surface area contributed by atoms with E-state index >= 15 is 0 Å². The van der Waals surface area contributed by atoms with Crippen molar-refractivity contribution in [2.24, 2.45) is 17.8 Å². The number of nitrogens with one attached hydrogen (secondary N) is 1. The fraction of sp³-hybridized carbons (Fsp3) is 0.833. The third-order valence-corrected chi connectivity index (χ3v) is 4.07. The van der Waals surface area contributed by atoms with E-state index in [-0.39, 0.29) is 0 Å². The van der Waals surface area contributed by atoms with E-state index in [2.05, 4.69) is 24.4 Å². The lowest BCUT2D eigenvalue weighted by atomic mass is 9.98. The second-order valence-corrected chi connectivity index (χ2v) is 5.17. The van der Waals surface area contributed by atoms with Gasteiger partial charge in [0.1, 0.15) is 0 Å². The normalized spacial score (nSPS) is 50.5. The van der Waals surface area contributed by atoms with Gasteiger partial charge in [-0.2, -0.15) is 0 Å². The number of hydrogen-bond donors (Lipinski definition) is 1. The van der Waals surface area contributed by atoms with Gasteiger partial charge in [0.15, 0.2) is 0 Å². The van der Waals surface area contributed by atoms with Gasteiger partial charge in [0.05, 0.1) is 13.2 Å². The largest absolute Gasteiger partial charge is 0.379 e. The third kappa shape index (κ3) is 1.41. The van der Waals surface area contributed by atoms with Crippen LogP contribution in [0.5, 0.6) is 0 Å². The molecule has 1 aliphatic heterocycles. The molecule has 1 saturated carbocycles. The van der Waals surface area contributed by atoms with E-state index in [1.165, 1.54) is 12.8 Å². The molecule has 2 fully saturated rings. The molecular weight excluding hydrogens is 174 g/mol. The van der Waals surface area contributed by atoms with Gasteiger partial charge in [-0.25, -0.2) is 0 Å². The van der Waals surface area contributed by atoms with Gasteiger partial charge in [0, 0.05) is 12.1 Å². The van der Waals surface area contributed by atoms with Gasteiger partial charge in [-0.05, 0) is 30.6 Å². The van der Waals surface area contributed by atoms with Crippen molar-refractivity contribution in [3.63, 3.8) is 0 Å². The van der Waals surface area contributed by atoms with Crippen molar-refractivity contribution < 1.29 is 4.74 Å². The zero-order valence-electron chi connectivity index (χ0n) is 8.78. The maximum absolute atomic E-state index is 5.48. The van der Waals surface area contributed by atoms with Gasteiger partial charge >= 0.3 is 0 Å². The molecule has 3 aliphatic rings. The summed E-state index contributed by atoms with van der Waals surface area (Å²) in [6.45, 7) is 4.14. The second kappa shape index (κ2) is 3.35. The van der Waals surface area contributed by atoms with Crippen LogP contribution in [0.4, 0.5) is 0 Å². The summed E-state index contributed by atoms with van der Waals surface area (Å²) in [4.78, 5) is 0. The van der Waals surface area contributed by atoms with Gasteiger partial charge in [-0.15, -0.1) is 0 Å². The Labute approximate surface area is 85.7 Å². The molecule has 2 nitrogen and oxygen atoms in total. The molecule has 14 heavy (non-hydrogen) atoms. The van der Waals surface area contributed by atoms with Crippen molar-refractivity contribution in [2.45, 2.75) is 31.8 Å². The lowest BCUT2D eigenvalue weighted by Gasteiger charge is -2.25. The lowest BCUT2D eigenvalue weighted by molar-refractivity contribution is 0.182. The highest BCUT2D eigenvalue weighted by molar-refractivity contribution is 5.13. The summed E-state index contributed by atoms with van der Waals surface area (Å²) >= 11 is 0. The minimum atomic E-state index is 0.604. The van der Waals surface area contributed by atoms with Crippen LogP contribution in [0.3, 0.4) is 0 Å². The summed E-state index contributed by atoms with van der Waals surface area (Å²) < 4.78 is 5.48. The Hall–Kier alpha value is -0.340. The van der Waals surface area contributed by atoms with Crippen molar-refractivity contribution >= 4 is 0 Å². The smallest absolute Gasteiger partial charge is 0.0623 e. The molecule has 0 spiro atoms. The molecule has 2 aliphatic carbocycles. The van der Waals surface area contributed by atoms with Crippen molar-refractivity contribution in [3.8, 4) is 0 Å². The van der Waals surface area contributed by atoms with Crippen LogP contribution < -0.4 is 5.32 Å². The van der Waals surface area contributed by atoms with Crippen molar-refractivity contribution in [1.29, 1.82) is 0 Å². The molecule has 5 atom stereocenters. The summed E-state index contributed by atoms with van der Waals surface area (Å²) in [5.41, 5.74) is 0. The summed E-state index contributed by atoms with van der Waals surface area (Å²) in [5, 5.41) is 3.78.